The second kappa shape index (κ2) is 7.39. The number of rotatable bonds is 5. The topological polar surface area (TPSA) is 91.1 Å². The van der Waals surface area contributed by atoms with Crippen molar-refractivity contribution in [2.24, 2.45) is 0 Å². The van der Waals surface area contributed by atoms with Crippen LogP contribution >= 0.6 is 11.6 Å². The Morgan fingerprint density at radius 3 is 2.58 bits per heavy atom. The largest absolute Gasteiger partial charge is 0.358 e. The van der Waals surface area contributed by atoms with E-state index in [1.54, 1.807) is 43.3 Å². The summed E-state index contributed by atoms with van der Waals surface area (Å²) in [5, 5.41) is 6.20. The fourth-order valence-corrected chi connectivity index (χ4v) is 4.57. The number of aromatic amines is 1. The number of anilines is 1. The maximum absolute atomic E-state index is 12.7. The van der Waals surface area contributed by atoms with Crippen LogP contribution in [0.5, 0.6) is 0 Å². The Morgan fingerprint density at radius 2 is 1.81 bits per heavy atom. The van der Waals surface area contributed by atoms with Gasteiger partial charge in [-0.3, -0.25) is 0 Å². The summed E-state index contributed by atoms with van der Waals surface area (Å²) in [6.07, 6.45) is 0. The Morgan fingerprint density at radius 1 is 1.12 bits per heavy atom. The van der Waals surface area contributed by atoms with E-state index in [0.29, 0.717) is 21.8 Å². The number of sulfone groups is 1. The van der Waals surface area contributed by atoms with Crippen LogP contribution in [-0.4, -0.2) is 31.7 Å². The van der Waals surface area contributed by atoms with Crippen LogP contribution in [0.25, 0.3) is 10.9 Å². The summed E-state index contributed by atoms with van der Waals surface area (Å²) in [6.45, 7) is 1.71. The molecule has 136 valence electrons. The first-order valence-electron chi connectivity index (χ1n) is 7.98. The predicted molar refractivity (Wildman–Crippen MR) is 104 cm³/mol. The summed E-state index contributed by atoms with van der Waals surface area (Å²) in [5.41, 5.74) is 1.82. The number of urea groups is 1. The molecule has 0 saturated carbocycles. The van der Waals surface area contributed by atoms with Gasteiger partial charge in [-0.1, -0.05) is 41.9 Å². The Labute approximate surface area is 156 Å². The molecule has 0 aliphatic rings. The van der Waals surface area contributed by atoms with E-state index in [0.717, 1.165) is 5.52 Å². The first kappa shape index (κ1) is 18.3. The van der Waals surface area contributed by atoms with Gasteiger partial charge in [0.05, 0.1) is 21.4 Å². The molecule has 3 aromatic rings. The van der Waals surface area contributed by atoms with E-state index in [2.05, 4.69) is 15.6 Å². The molecule has 0 aliphatic heterocycles. The third-order valence-corrected chi connectivity index (χ3v) is 6.14. The number of nitrogens with one attached hydrogen (secondary N) is 3. The van der Waals surface area contributed by atoms with E-state index in [4.69, 9.17) is 11.6 Å². The molecule has 0 fully saturated rings. The number of amides is 2. The fourth-order valence-electron chi connectivity index (χ4n) is 2.78. The van der Waals surface area contributed by atoms with Gasteiger partial charge in [-0.05, 0) is 25.1 Å². The van der Waals surface area contributed by atoms with Gasteiger partial charge in [-0.25, -0.2) is 13.2 Å². The molecular weight excluding hydrogens is 374 g/mol. The zero-order valence-corrected chi connectivity index (χ0v) is 15.6. The van der Waals surface area contributed by atoms with Crippen LogP contribution in [0.3, 0.4) is 0 Å². The van der Waals surface area contributed by atoms with E-state index in [1.165, 1.54) is 0 Å². The van der Waals surface area contributed by atoms with Crippen molar-refractivity contribution in [3.63, 3.8) is 0 Å². The molecule has 8 heteroatoms. The van der Waals surface area contributed by atoms with E-state index < -0.39 is 15.9 Å². The quantitative estimate of drug-likeness (QED) is 0.619. The van der Waals surface area contributed by atoms with Crippen molar-refractivity contribution in [3.05, 3.63) is 59.2 Å². The first-order chi connectivity index (χ1) is 12.4. The number of carbonyl (C=O) groups excluding carboxylic acids is 1. The van der Waals surface area contributed by atoms with Crippen molar-refractivity contribution in [1.82, 2.24) is 10.3 Å². The molecule has 26 heavy (non-hydrogen) atoms. The molecule has 2 amide bonds. The molecule has 6 nitrogen and oxygen atoms in total. The highest BCUT2D eigenvalue weighted by atomic mass is 35.5. The SMILES string of the molecule is Cc1[nH]c2ccccc2c1S(=O)(=O)CCNC(=O)Nc1ccccc1Cl. The van der Waals surface area contributed by atoms with Crippen molar-refractivity contribution >= 4 is 44.1 Å². The second-order valence-electron chi connectivity index (χ2n) is 5.80. The van der Waals surface area contributed by atoms with E-state index in [-0.39, 0.29) is 17.2 Å². The molecule has 0 atom stereocenters. The lowest BCUT2D eigenvalue weighted by Gasteiger charge is -2.09. The van der Waals surface area contributed by atoms with Crippen molar-refractivity contribution in [2.75, 3.05) is 17.6 Å². The molecule has 0 bridgehead atoms. The van der Waals surface area contributed by atoms with Crippen LogP contribution < -0.4 is 10.6 Å². The number of H-pyrrole nitrogens is 1. The third kappa shape index (κ3) is 3.84. The minimum Gasteiger partial charge on any atom is -0.358 e. The van der Waals surface area contributed by atoms with Crippen LogP contribution in [-0.2, 0) is 9.84 Å². The van der Waals surface area contributed by atoms with E-state index >= 15 is 0 Å². The number of aryl methyl sites for hydroxylation is 1. The lowest BCUT2D eigenvalue weighted by atomic mass is 10.2. The molecule has 3 rings (SSSR count). The van der Waals surface area contributed by atoms with Gasteiger partial charge in [-0.15, -0.1) is 0 Å². The van der Waals surface area contributed by atoms with Gasteiger partial charge in [0.1, 0.15) is 0 Å². The molecule has 1 heterocycles. The number of benzene rings is 2. The monoisotopic (exact) mass is 391 g/mol. The third-order valence-electron chi connectivity index (χ3n) is 3.92. The summed E-state index contributed by atoms with van der Waals surface area (Å²) in [5.74, 6) is -0.203. The van der Waals surface area contributed by atoms with Gasteiger partial charge in [0.25, 0.3) is 0 Å². The van der Waals surface area contributed by atoms with Crippen molar-refractivity contribution in [3.8, 4) is 0 Å². The number of aromatic nitrogens is 1. The number of hydrogen-bond donors (Lipinski definition) is 3. The predicted octanol–water partition coefficient (Wildman–Crippen LogP) is 3.73. The molecule has 0 saturated heterocycles. The molecule has 0 radical (unpaired) electrons. The van der Waals surface area contributed by atoms with Gasteiger partial charge in [-0.2, -0.15) is 0 Å². The molecular formula is C18H18ClN3O3S. The summed E-state index contributed by atoms with van der Waals surface area (Å²) in [7, 11) is -3.55. The molecule has 0 unspecified atom stereocenters. The Balaban J connectivity index is 1.66. The van der Waals surface area contributed by atoms with E-state index in [1.807, 2.05) is 12.1 Å². The maximum Gasteiger partial charge on any atom is 0.319 e. The smallest absolute Gasteiger partial charge is 0.319 e. The molecule has 1 aromatic heterocycles. The molecule has 2 aromatic carbocycles. The van der Waals surface area contributed by atoms with Crippen LogP contribution in [0.1, 0.15) is 5.69 Å². The summed E-state index contributed by atoms with van der Waals surface area (Å²) >= 11 is 5.97. The number of halogens is 1. The Bertz CT molecular complexity index is 1060. The average Bonchev–Trinajstić information content (AvgIpc) is 2.93. The van der Waals surface area contributed by atoms with Crippen LogP contribution in [0.2, 0.25) is 5.02 Å². The summed E-state index contributed by atoms with van der Waals surface area (Å²) in [6, 6.07) is 13.5. The zero-order valence-electron chi connectivity index (χ0n) is 14.0. The minimum absolute atomic E-state index is 0.0163. The highest BCUT2D eigenvalue weighted by Gasteiger charge is 2.22. The van der Waals surface area contributed by atoms with Gasteiger partial charge < -0.3 is 15.6 Å². The lowest BCUT2D eigenvalue weighted by Crippen LogP contribution is -2.33. The second-order valence-corrected chi connectivity index (χ2v) is 8.26. The standard InChI is InChI=1S/C18H18ClN3O3S/c1-12-17(13-6-2-4-8-15(13)21-12)26(24,25)11-10-20-18(23)22-16-9-5-3-7-14(16)19/h2-9,21H,10-11H2,1H3,(H2,20,22,23). The van der Waals surface area contributed by atoms with E-state index in [9.17, 15) is 13.2 Å². The number of para-hydroxylation sites is 2. The highest BCUT2D eigenvalue weighted by molar-refractivity contribution is 7.91. The number of carbonyl (C=O) groups is 1. The lowest BCUT2D eigenvalue weighted by molar-refractivity contribution is 0.252. The Hall–Kier alpha value is -2.51. The zero-order chi connectivity index (χ0) is 18.7. The minimum atomic E-state index is -3.55. The maximum atomic E-state index is 12.7. The van der Waals surface area contributed by atoms with Crippen LogP contribution in [0.15, 0.2) is 53.4 Å². The Kier molecular flexibility index (Phi) is 5.20. The van der Waals surface area contributed by atoms with Crippen molar-refractivity contribution in [1.29, 1.82) is 0 Å². The van der Waals surface area contributed by atoms with Crippen molar-refractivity contribution in [2.45, 2.75) is 11.8 Å². The molecule has 0 aliphatic carbocycles. The van der Waals surface area contributed by atoms with Gasteiger partial charge in [0.15, 0.2) is 9.84 Å². The van der Waals surface area contributed by atoms with Gasteiger partial charge >= 0.3 is 6.03 Å². The summed E-state index contributed by atoms with van der Waals surface area (Å²) < 4.78 is 25.4. The summed E-state index contributed by atoms with van der Waals surface area (Å²) in [4.78, 5) is 15.3. The van der Waals surface area contributed by atoms with Gasteiger partial charge in [0, 0.05) is 23.1 Å². The van der Waals surface area contributed by atoms with Crippen LogP contribution in [0.4, 0.5) is 10.5 Å². The normalized spacial score (nSPS) is 11.5. The molecule has 0 spiro atoms. The fraction of sp³-hybridized carbons (Fsp3) is 0.167. The first-order valence-corrected chi connectivity index (χ1v) is 10.0. The van der Waals surface area contributed by atoms with Gasteiger partial charge in [0.2, 0.25) is 0 Å². The number of hydrogen-bond acceptors (Lipinski definition) is 3. The number of fused-ring (bicyclic) bond motifs is 1. The van der Waals surface area contributed by atoms with Crippen molar-refractivity contribution < 1.29 is 13.2 Å². The highest BCUT2D eigenvalue weighted by Crippen LogP contribution is 2.27. The van der Waals surface area contributed by atoms with Crippen LogP contribution in [0, 0.1) is 6.92 Å². The average molecular weight is 392 g/mol. The molecule has 3 N–H and O–H groups in total.